The quantitative estimate of drug-likeness (QED) is 0.769. The third kappa shape index (κ3) is 1.74. The fourth-order valence-electron chi connectivity index (χ4n) is 1.65. The number of nitrogens with zero attached hydrogens (tertiary/aromatic N) is 1. The van der Waals surface area contributed by atoms with E-state index in [1.807, 2.05) is 5.38 Å². The van der Waals surface area contributed by atoms with Crippen molar-refractivity contribution in [3.63, 3.8) is 0 Å². The highest BCUT2D eigenvalue weighted by molar-refractivity contribution is 7.13. The monoisotopic (exact) mass is 253 g/mol. The van der Waals surface area contributed by atoms with Crippen LogP contribution in [-0.4, -0.2) is 4.98 Å². The summed E-state index contributed by atoms with van der Waals surface area (Å²) < 4.78 is 13.7. The molecule has 1 aliphatic rings. The first-order valence-electron chi connectivity index (χ1n) is 5.15. The van der Waals surface area contributed by atoms with Gasteiger partial charge in [0, 0.05) is 16.9 Å². The smallest absolute Gasteiger partial charge is 0.152 e. The SMILES string of the molecule is Fc1c(Cl)cccc1-c1nc(C2CC2)cs1. The first kappa shape index (κ1) is 10.2. The third-order valence-corrected chi connectivity index (χ3v) is 3.89. The molecule has 4 heteroatoms. The molecule has 0 N–H and O–H groups in total. The first-order chi connectivity index (χ1) is 7.75. The fraction of sp³-hybridized carbons (Fsp3) is 0.250. The highest BCUT2D eigenvalue weighted by Gasteiger charge is 2.26. The van der Waals surface area contributed by atoms with E-state index in [0.717, 1.165) is 10.7 Å². The molecule has 0 saturated heterocycles. The maximum atomic E-state index is 13.7. The minimum Gasteiger partial charge on any atom is -0.241 e. The normalized spacial score (nSPS) is 15.4. The van der Waals surface area contributed by atoms with Crippen molar-refractivity contribution >= 4 is 22.9 Å². The van der Waals surface area contributed by atoms with Gasteiger partial charge in [-0.2, -0.15) is 0 Å². The Kier molecular flexibility index (Phi) is 2.45. The minimum absolute atomic E-state index is 0.153. The van der Waals surface area contributed by atoms with Crippen LogP contribution in [0.25, 0.3) is 10.6 Å². The molecule has 0 aliphatic heterocycles. The summed E-state index contributed by atoms with van der Waals surface area (Å²) >= 11 is 7.23. The fourth-order valence-corrected chi connectivity index (χ4v) is 2.74. The number of benzene rings is 1. The number of hydrogen-bond donors (Lipinski definition) is 0. The van der Waals surface area contributed by atoms with E-state index in [1.54, 1.807) is 18.2 Å². The molecule has 0 bridgehead atoms. The van der Waals surface area contributed by atoms with Gasteiger partial charge in [0.2, 0.25) is 0 Å². The summed E-state index contributed by atoms with van der Waals surface area (Å²) in [5.41, 5.74) is 1.60. The summed E-state index contributed by atoms with van der Waals surface area (Å²) in [5, 5.41) is 2.90. The second-order valence-electron chi connectivity index (χ2n) is 3.95. The second-order valence-corrected chi connectivity index (χ2v) is 5.22. The van der Waals surface area contributed by atoms with Crippen LogP contribution < -0.4 is 0 Å². The minimum atomic E-state index is -0.374. The van der Waals surface area contributed by atoms with Crippen LogP contribution >= 0.6 is 22.9 Å². The van der Waals surface area contributed by atoms with Gasteiger partial charge >= 0.3 is 0 Å². The van der Waals surface area contributed by atoms with Gasteiger partial charge in [-0.1, -0.05) is 17.7 Å². The Bertz CT molecular complexity index is 534. The molecule has 1 nitrogen and oxygen atoms in total. The van der Waals surface area contributed by atoms with E-state index in [1.165, 1.54) is 24.2 Å². The summed E-state index contributed by atoms with van der Waals surface area (Å²) in [4.78, 5) is 4.46. The van der Waals surface area contributed by atoms with Gasteiger partial charge < -0.3 is 0 Å². The molecule has 1 fully saturated rings. The van der Waals surface area contributed by atoms with Crippen LogP contribution in [0.3, 0.4) is 0 Å². The van der Waals surface area contributed by atoms with Gasteiger partial charge in [-0.3, -0.25) is 0 Å². The van der Waals surface area contributed by atoms with Crippen molar-refractivity contribution in [2.45, 2.75) is 18.8 Å². The summed E-state index contributed by atoms with van der Waals surface area (Å²) in [6, 6.07) is 5.02. The number of hydrogen-bond acceptors (Lipinski definition) is 2. The topological polar surface area (TPSA) is 12.9 Å². The van der Waals surface area contributed by atoms with Crippen LogP contribution in [0.1, 0.15) is 24.5 Å². The van der Waals surface area contributed by atoms with E-state index in [2.05, 4.69) is 4.98 Å². The van der Waals surface area contributed by atoms with E-state index in [4.69, 9.17) is 11.6 Å². The molecule has 0 amide bonds. The number of rotatable bonds is 2. The zero-order valence-corrected chi connectivity index (χ0v) is 9.98. The predicted octanol–water partition coefficient (Wildman–Crippen LogP) is 4.48. The zero-order chi connectivity index (χ0) is 11.1. The highest BCUT2D eigenvalue weighted by atomic mass is 35.5. The first-order valence-corrected chi connectivity index (χ1v) is 6.41. The Morgan fingerprint density at radius 3 is 2.94 bits per heavy atom. The van der Waals surface area contributed by atoms with Gasteiger partial charge in [-0.05, 0) is 25.0 Å². The van der Waals surface area contributed by atoms with Crippen molar-refractivity contribution in [3.05, 3.63) is 40.1 Å². The predicted molar refractivity (Wildman–Crippen MR) is 64.5 cm³/mol. The van der Waals surface area contributed by atoms with Crippen LogP contribution in [0.2, 0.25) is 5.02 Å². The van der Waals surface area contributed by atoms with E-state index in [-0.39, 0.29) is 10.8 Å². The molecule has 1 saturated carbocycles. The van der Waals surface area contributed by atoms with Crippen molar-refractivity contribution in [2.24, 2.45) is 0 Å². The number of aromatic nitrogens is 1. The van der Waals surface area contributed by atoms with Crippen LogP contribution in [0.4, 0.5) is 4.39 Å². The van der Waals surface area contributed by atoms with E-state index < -0.39 is 0 Å². The lowest BCUT2D eigenvalue weighted by atomic mass is 10.2. The van der Waals surface area contributed by atoms with Crippen molar-refractivity contribution in [2.75, 3.05) is 0 Å². The largest absolute Gasteiger partial charge is 0.241 e. The maximum Gasteiger partial charge on any atom is 0.152 e. The number of halogens is 2. The third-order valence-electron chi connectivity index (χ3n) is 2.70. The summed E-state index contributed by atoms with van der Waals surface area (Å²) in [5.74, 6) is 0.230. The van der Waals surface area contributed by atoms with Gasteiger partial charge in [0.25, 0.3) is 0 Å². The molecule has 16 heavy (non-hydrogen) atoms. The molecule has 82 valence electrons. The Balaban J connectivity index is 2.03. The molecule has 1 heterocycles. The molecule has 1 aromatic heterocycles. The van der Waals surface area contributed by atoms with Gasteiger partial charge in [-0.25, -0.2) is 9.37 Å². The molecule has 0 atom stereocenters. The van der Waals surface area contributed by atoms with Gasteiger partial charge in [0.05, 0.1) is 10.7 Å². The molecule has 3 rings (SSSR count). The van der Waals surface area contributed by atoms with Crippen LogP contribution in [-0.2, 0) is 0 Å². The van der Waals surface area contributed by atoms with E-state index in [0.29, 0.717) is 11.5 Å². The molecule has 0 radical (unpaired) electrons. The molecule has 0 spiro atoms. The Morgan fingerprint density at radius 2 is 2.19 bits per heavy atom. The second kappa shape index (κ2) is 3.82. The highest BCUT2D eigenvalue weighted by Crippen LogP contribution is 2.42. The summed E-state index contributed by atoms with van der Waals surface area (Å²) in [7, 11) is 0. The maximum absolute atomic E-state index is 13.7. The van der Waals surface area contributed by atoms with Gasteiger partial charge in [-0.15, -0.1) is 11.3 Å². The Morgan fingerprint density at radius 1 is 1.38 bits per heavy atom. The molecule has 0 unspecified atom stereocenters. The van der Waals surface area contributed by atoms with Crippen molar-refractivity contribution < 1.29 is 4.39 Å². The molecule has 2 aromatic rings. The molecular formula is C12H9ClFNS. The van der Waals surface area contributed by atoms with E-state index in [9.17, 15) is 4.39 Å². The van der Waals surface area contributed by atoms with Crippen molar-refractivity contribution in [3.8, 4) is 10.6 Å². The van der Waals surface area contributed by atoms with Gasteiger partial charge in [0.15, 0.2) is 5.82 Å². The number of thiazole rings is 1. The standard InChI is InChI=1S/C12H9ClFNS/c13-9-3-1-2-8(11(9)14)12-15-10(6-16-12)7-4-5-7/h1-3,6-7H,4-5H2. The summed E-state index contributed by atoms with van der Waals surface area (Å²) in [6.07, 6.45) is 2.42. The molecular weight excluding hydrogens is 245 g/mol. The van der Waals surface area contributed by atoms with Crippen LogP contribution in [0.15, 0.2) is 23.6 Å². The van der Waals surface area contributed by atoms with Crippen molar-refractivity contribution in [1.29, 1.82) is 0 Å². The van der Waals surface area contributed by atoms with Crippen molar-refractivity contribution in [1.82, 2.24) is 4.98 Å². The lowest BCUT2D eigenvalue weighted by Gasteiger charge is -2.00. The zero-order valence-electron chi connectivity index (χ0n) is 8.41. The van der Waals surface area contributed by atoms with E-state index >= 15 is 0 Å². The van der Waals surface area contributed by atoms with Crippen LogP contribution in [0, 0.1) is 5.82 Å². The Labute approximate surface area is 102 Å². The lowest BCUT2D eigenvalue weighted by Crippen LogP contribution is -1.85. The van der Waals surface area contributed by atoms with Crippen LogP contribution in [0.5, 0.6) is 0 Å². The molecule has 1 aromatic carbocycles. The Hall–Kier alpha value is -0.930. The average molecular weight is 254 g/mol. The summed E-state index contributed by atoms with van der Waals surface area (Å²) in [6.45, 7) is 0. The molecule has 1 aliphatic carbocycles. The average Bonchev–Trinajstić information content (AvgIpc) is 3.02. The lowest BCUT2D eigenvalue weighted by molar-refractivity contribution is 0.631. The van der Waals surface area contributed by atoms with Gasteiger partial charge in [0.1, 0.15) is 5.01 Å².